The van der Waals surface area contributed by atoms with Gasteiger partial charge in [0.2, 0.25) is 0 Å². The lowest BCUT2D eigenvalue weighted by Gasteiger charge is -2.27. The van der Waals surface area contributed by atoms with E-state index >= 15 is 0 Å². The molecule has 5 nitrogen and oxygen atoms in total. The zero-order valence-electron chi connectivity index (χ0n) is 14.2. The van der Waals surface area contributed by atoms with Crippen LogP contribution in [-0.2, 0) is 19.5 Å². The molecule has 0 bridgehead atoms. The molecule has 1 fully saturated rings. The Bertz CT molecular complexity index is 775. The van der Waals surface area contributed by atoms with Crippen LogP contribution in [0.15, 0.2) is 29.1 Å². The van der Waals surface area contributed by atoms with Gasteiger partial charge in [0.1, 0.15) is 5.82 Å². The Labute approximate surface area is 142 Å². The van der Waals surface area contributed by atoms with Gasteiger partial charge in [0.15, 0.2) is 0 Å². The van der Waals surface area contributed by atoms with E-state index in [-0.39, 0.29) is 5.56 Å². The zero-order valence-corrected chi connectivity index (χ0v) is 14.2. The molecule has 1 aromatic carbocycles. The monoisotopic (exact) mass is 324 g/mol. The number of anilines is 1. The third kappa shape index (κ3) is 3.08. The smallest absolute Gasteiger partial charge is 0.255 e. The number of nitrogens with one attached hydrogen (secondary N) is 1. The zero-order chi connectivity index (χ0) is 16.5. The highest BCUT2D eigenvalue weighted by molar-refractivity contribution is 5.48. The normalized spacial score (nSPS) is 18.0. The molecule has 3 heterocycles. The minimum atomic E-state index is 0.0200. The van der Waals surface area contributed by atoms with Crippen LogP contribution in [-0.4, -0.2) is 34.5 Å². The van der Waals surface area contributed by atoms with E-state index in [0.717, 1.165) is 30.8 Å². The second-order valence-electron chi connectivity index (χ2n) is 6.90. The predicted molar refractivity (Wildman–Crippen MR) is 95.3 cm³/mol. The van der Waals surface area contributed by atoms with Gasteiger partial charge in [0.25, 0.3) is 5.56 Å². The van der Waals surface area contributed by atoms with Gasteiger partial charge >= 0.3 is 0 Å². The second-order valence-corrected chi connectivity index (χ2v) is 6.90. The van der Waals surface area contributed by atoms with Gasteiger partial charge in [-0.15, -0.1) is 0 Å². The summed E-state index contributed by atoms with van der Waals surface area (Å²) in [7, 11) is 0. The van der Waals surface area contributed by atoms with Crippen LogP contribution in [0.25, 0.3) is 0 Å². The van der Waals surface area contributed by atoms with E-state index in [4.69, 9.17) is 0 Å². The molecule has 0 aliphatic carbocycles. The Morgan fingerprint density at radius 3 is 2.62 bits per heavy atom. The molecule has 4 rings (SSSR count). The second kappa shape index (κ2) is 6.40. The number of aromatic amines is 1. The largest absolute Gasteiger partial charge is 0.372 e. The van der Waals surface area contributed by atoms with E-state index in [1.807, 2.05) is 6.92 Å². The molecule has 2 aliphatic heterocycles. The first-order valence-electron chi connectivity index (χ1n) is 8.84. The number of benzene rings is 1. The molecule has 2 aliphatic rings. The number of hydrogen-bond donors (Lipinski definition) is 1. The highest BCUT2D eigenvalue weighted by Crippen LogP contribution is 2.22. The molecular weight excluding hydrogens is 300 g/mol. The molecular formula is C19H24N4O. The highest BCUT2D eigenvalue weighted by atomic mass is 16.1. The Hall–Kier alpha value is -2.14. The third-order valence-electron chi connectivity index (χ3n) is 5.08. The number of H-pyrrole nitrogens is 1. The van der Waals surface area contributed by atoms with Crippen LogP contribution in [0, 0.1) is 6.92 Å². The molecule has 5 heteroatoms. The lowest BCUT2D eigenvalue weighted by Crippen LogP contribution is -2.35. The number of rotatable bonds is 3. The van der Waals surface area contributed by atoms with Crippen molar-refractivity contribution >= 4 is 5.69 Å². The van der Waals surface area contributed by atoms with Crippen molar-refractivity contribution in [3.05, 3.63) is 57.3 Å². The van der Waals surface area contributed by atoms with Gasteiger partial charge in [-0.25, -0.2) is 4.98 Å². The minimum absolute atomic E-state index is 0.0200. The van der Waals surface area contributed by atoms with E-state index < -0.39 is 0 Å². The summed E-state index contributed by atoms with van der Waals surface area (Å²) in [5.74, 6) is 0.713. The third-order valence-corrected chi connectivity index (χ3v) is 5.08. The number of hydrogen-bond acceptors (Lipinski definition) is 4. The number of fused-ring (bicyclic) bond motifs is 1. The maximum absolute atomic E-state index is 12.1. The molecule has 0 atom stereocenters. The molecule has 0 unspecified atom stereocenters. The summed E-state index contributed by atoms with van der Waals surface area (Å²) >= 11 is 0. The average Bonchev–Trinajstić information content (AvgIpc) is 3.11. The van der Waals surface area contributed by atoms with Gasteiger partial charge in [-0.05, 0) is 37.5 Å². The number of nitrogens with zero attached hydrogens (tertiary/aromatic N) is 3. The Morgan fingerprint density at radius 1 is 1.12 bits per heavy atom. The van der Waals surface area contributed by atoms with Crippen molar-refractivity contribution in [2.75, 3.05) is 24.5 Å². The van der Waals surface area contributed by atoms with Gasteiger partial charge < -0.3 is 9.88 Å². The van der Waals surface area contributed by atoms with Crippen LogP contribution in [0.1, 0.15) is 35.5 Å². The molecule has 1 saturated heterocycles. The molecule has 0 saturated carbocycles. The van der Waals surface area contributed by atoms with Crippen molar-refractivity contribution in [3.8, 4) is 0 Å². The fourth-order valence-electron chi connectivity index (χ4n) is 3.79. The van der Waals surface area contributed by atoms with Crippen molar-refractivity contribution in [2.24, 2.45) is 0 Å². The molecule has 24 heavy (non-hydrogen) atoms. The molecule has 2 aromatic rings. The van der Waals surface area contributed by atoms with Gasteiger partial charge in [0.05, 0.1) is 11.3 Å². The van der Waals surface area contributed by atoms with Gasteiger partial charge in [0, 0.05) is 44.8 Å². The van der Waals surface area contributed by atoms with Crippen molar-refractivity contribution in [2.45, 2.75) is 39.3 Å². The van der Waals surface area contributed by atoms with E-state index in [2.05, 4.69) is 44.0 Å². The van der Waals surface area contributed by atoms with Crippen LogP contribution >= 0.6 is 0 Å². The quantitative estimate of drug-likeness (QED) is 0.941. The van der Waals surface area contributed by atoms with Crippen molar-refractivity contribution in [1.82, 2.24) is 14.9 Å². The first-order valence-corrected chi connectivity index (χ1v) is 8.84. The van der Waals surface area contributed by atoms with E-state index in [9.17, 15) is 4.79 Å². The highest BCUT2D eigenvalue weighted by Gasteiger charge is 2.20. The Kier molecular flexibility index (Phi) is 4.10. The van der Waals surface area contributed by atoms with Gasteiger partial charge in [-0.1, -0.05) is 12.1 Å². The summed E-state index contributed by atoms with van der Waals surface area (Å²) in [6, 6.07) is 8.91. The molecule has 126 valence electrons. The van der Waals surface area contributed by atoms with E-state index in [0.29, 0.717) is 12.4 Å². The molecule has 1 aromatic heterocycles. The van der Waals surface area contributed by atoms with Crippen molar-refractivity contribution in [3.63, 3.8) is 0 Å². The fourth-order valence-corrected chi connectivity index (χ4v) is 3.79. The van der Waals surface area contributed by atoms with Crippen LogP contribution in [0.5, 0.6) is 0 Å². The topological polar surface area (TPSA) is 52.2 Å². The average molecular weight is 324 g/mol. The van der Waals surface area contributed by atoms with Crippen molar-refractivity contribution in [1.29, 1.82) is 0 Å². The number of aryl methyl sites for hydroxylation is 1. The van der Waals surface area contributed by atoms with Crippen LogP contribution in [0.4, 0.5) is 5.69 Å². The predicted octanol–water partition coefficient (Wildman–Crippen LogP) is 2.24. The Morgan fingerprint density at radius 2 is 1.88 bits per heavy atom. The lowest BCUT2D eigenvalue weighted by atomic mass is 10.1. The summed E-state index contributed by atoms with van der Waals surface area (Å²) in [5.41, 5.74) is 4.46. The van der Waals surface area contributed by atoms with Crippen LogP contribution in [0.2, 0.25) is 0 Å². The molecule has 0 radical (unpaired) electrons. The molecule has 0 amide bonds. The summed E-state index contributed by atoms with van der Waals surface area (Å²) in [6.45, 7) is 6.72. The maximum atomic E-state index is 12.1. The van der Waals surface area contributed by atoms with Crippen molar-refractivity contribution < 1.29 is 0 Å². The van der Waals surface area contributed by atoms with Gasteiger partial charge in [-0.3, -0.25) is 9.69 Å². The lowest BCUT2D eigenvalue weighted by molar-refractivity contribution is 0.241. The van der Waals surface area contributed by atoms with Crippen LogP contribution in [0.3, 0.4) is 0 Å². The fraction of sp³-hybridized carbons (Fsp3) is 0.474. The van der Waals surface area contributed by atoms with Crippen LogP contribution < -0.4 is 10.5 Å². The van der Waals surface area contributed by atoms with Gasteiger partial charge in [-0.2, -0.15) is 0 Å². The maximum Gasteiger partial charge on any atom is 0.255 e. The summed E-state index contributed by atoms with van der Waals surface area (Å²) in [6.07, 6.45) is 3.46. The molecule has 1 N–H and O–H groups in total. The number of aromatic nitrogens is 2. The SMILES string of the molecule is Cc1nc2c(c(=O)[nH]1)CN(Cc1ccc(N3CCCC3)cc1)CC2. The summed E-state index contributed by atoms with van der Waals surface area (Å²) < 4.78 is 0. The first-order chi connectivity index (χ1) is 11.7. The summed E-state index contributed by atoms with van der Waals surface area (Å²) in [5, 5.41) is 0. The standard InChI is InChI=1S/C19H24N4O/c1-14-20-18-8-11-22(13-17(18)19(24)21-14)12-15-4-6-16(7-5-15)23-9-2-3-10-23/h4-7H,2-3,8-13H2,1H3,(H,20,21,24). The first kappa shape index (κ1) is 15.4. The van der Waals surface area contributed by atoms with E-state index in [1.54, 1.807) is 0 Å². The van der Waals surface area contributed by atoms with E-state index in [1.165, 1.54) is 37.2 Å². The minimum Gasteiger partial charge on any atom is -0.372 e. The summed E-state index contributed by atoms with van der Waals surface area (Å²) in [4.78, 5) is 24.2. The Balaban J connectivity index is 1.45. The molecule has 0 spiro atoms.